The maximum atomic E-state index is 14.2. The van der Waals surface area contributed by atoms with E-state index in [2.05, 4.69) is 4.98 Å². The van der Waals surface area contributed by atoms with Gasteiger partial charge in [-0.05, 0) is 41.3 Å². The highest BCUT2D eigenvalue weighted by Crippen LogP contribution is 2.17. The lowest BCUT2D eigenvalue weighted by Gasteiger charge is -2.34. The van der Waals surface area contributed by atoms with Crippen LogP contribution >= 0.6 is 11.3 Å². The van der Waals surface area contributed by atoms with Crippen LogP contribution in [0.25, 0.3) is 10.9 Å². The molecule has 3 heterocycles. The van der Waals surface area contributed by atoms with Crippen molar-refractivity contribution in [2.24, 2.45) is 0 Å². The number of H-pyrrole nitrogens is 1. The van der Waals surface area contributed by atoms with Gasteiger partial charge in [-0.1, -0.05) is 24.3 Å². The number of carbonyl (C=O) groups is 2. The van der Waals surface area contributed by atoms with Gasteiger partial charge in [0.05, 0.1) is 22.3 Å². The number of hydrogen-bond acceptors (Lipinski definition) is 5. The second kappa shape index (κ2) is 9.30. The van der Waals surface area contributed by atoms with E-state index in [0.29, 0.717) is 42.2 Å². The molecule has 0 spiro atoms. The minimum absolute atomic E-state index is 0.0240. The molecule has 1 fully saturated rings. The number of carbonyl (C=O) groups excluding carboxylic acids is 2. The van der Waals surface area contributed by atoms with Gasteiger partial charge in [-0.15, -0.1) is 11.3 Å². The van der Waals surface area contributed by atoms with E-state index < -0.39 is 17.1 Å². The average Bonchev–Trinajstić information content (AvgIpc) is 3.41. The predicted octanol–water partition coefficient (Wildman–Crippen LogP) is 2.54. The number of halogens is 1. The van der Waals surface area contributed by atoms with Crippen LogP contribution in [0.2, 0.25) is 0 Å². The molecule has 8 nitrogen and oxygen atoms in total. The Balaban J connectivity index is 1.34. The molecule has 1 aliphatic heterocycles. The van der Waals surface area contributed by atoms with Gasteiger partial charge in [-0.3, -0.25) is 23.9 Å². The topological polar surface area (TPSA) is 95.5 Å². The quantitative estimate of drug-likeness (QED) is 0.474. The summed E-state index contributed by atoms with van der Waals surface area (Å²) in [7, 11) is 0. The zero-order valence-electron chi connectivity index (χ0n) is 18.6. The number of nitrogens with zero attached hydrogens (tertiary/aromatic N) is 3. The fraction of sp³-hybridized carbons (Fsp3) is 0.200. The van der Waals surface area contributed by atoms with E-state index in [-0.39, 0.29) is 29.3 Å². The third-order valence-corrected chi connectivity index (χ3v) is 6.93. The maximum absolute atomic E-state index is 14.2. The number of aromatic amines is 1. The van der Waals surface area contributed by atoms with Gasteiger partial charge in [0.2, 0.25) is 0 Å². The van der Waals surface area contributed by atoms with Crippen molar-refractivity contribution in [2.75, 3.05) is 26.2 Å². The first-order chi connectivity index (χ1) is 16.9. The van der Waals surface area contributed by atoms with Crippen LogP contribution < -0.4 is 11.2 Å². The van der Waals surface area contributed by atoms with Gasteiger partial charge >= 0.3 is 5.69 Å². The molecular formula is C25H21FN4O4S. The summed E-state index contributed by atoms with van der Waals surface area (Å²) in [4.78, 5) is 56.6. The SMILES string of the molecule is O=C(c1cccc(Cn2c(=O)[nH]c(=O)c3c(F)cccc32)c1)N1CCN(C(=O)c2cccs2)CC1. The molecule has 2 aromatic heterocycles. The molecule has 1 N–H and O–H groups in total. The minimum atomic E-state index is -0.778. The number of nitrogens with one attached hydrogen (secondary N) is 1. The molecule has 5 rings (SSSR count). The van der Waals surface area contributed by atoms with Crippen LogP contribution in [0.3, 0.4) is 0 Å². The Kier molecular flexibility index (Phi) is 6.04. The minimum Gasteiger partial charge on any atom is -0.335 e. The van der Waals surface area contributed by atoms with E-state index in [1.165, 1.54) is 34.1 Å². The van der Waals surface area contributed by atoms with Crippen molar-refractivity contribution in [3.05, 3.63) is 103 Å². The normalized spacial score (nSPS) is 13.9. The lowest BCUT2D eigenvalue weighted by Crippen LogP contribution is -2.50. The lowest BCUT2D eigenvalue weighted by molar-refractivity contribution is 0.0538. The Morgan fingerprint density at radius 3 is 2.34 bits per heavy atom. The van der Waals surface area contributed by atoms with Gasteiger partial charge in [0, 0.05) is 31.7 Å². The van der Waals surface area contributed by atoms with Crippen molar-refractivity contribution in [1.82, 2.24) is 19.4 Å². The lowest BCUT2D eigenvalue weighted by atomic mass is 10.1. The van der Waals surface area contributed by atoms with E-state index >= 15 is 0 Å². The first-order valence-electron chi connectivity index (χ1n) is 11.0. The zero-order chi connectivity index (χ0) is 24.5. The summed E-state index contributed by atoms with van der Waals surface area (Å²) < 4.78 is 15.5. The molecule has 10 heteroatoms. The van der Waals surface area contributed by atoms with Crippen LogP contribution in [-0.4, -0.2) is 57.3 Å². The van der Waals surface area contributed by atoms with E-state index in [1.54, 1.807) is 40.1 Å². The molecular weight excluding hydrogens is 471 g/mol. The van der Waals surface area contributed by atoms with Crippen LogP contribution in [0, 0.1) is 5.82 Å². The van der Waals surface area contributed by atoms with Crippen molar-refractivity contribution in [2.45, 2.75) is 6.54 Å². The molecule has 0 saturated carbocycles. The molecule has 0 atom stereocenters. The maximum Gasteiger partial charge on any atom is 0.329 e. The Labute approximate surface area is 202 Å². The second-order valence-electron chi connectivity index (χ2n) is 8.24. The number of amides is 2. The van der Waals surface area contributed by atoms with Gasteiger partial charge < -0.3 is 9.80 Å². The standard InChI is InChI=1S/C25H21FN4O4S/c26-18-6-2-7-19-21(18)22(31)27-25(34)30(19)15-16-4-1-5-17(14-16)23(32)28-9-11-29(12-10-28)24(33)20-8-3-13-35-20/h1-8,13-14H,9-12,15H2,(H,27,31,34). The Bertz CT molecular complexity index is 1540. The van der Waals surface area contributed by atoms with Gasteiger partial charge in [0.1, 0.15) is 5.82 Å². The van der Waals surface area contributed by atoms with Crippen LogP contribution in [0.15, 0.2) is 69.6 Å². The highest BCUT2D eigenvalue weighted by molar-refractivity contribution is 7.12. The largest absolute Gasteiger partial charge is 0.335 e. The fourth-order valence-electron chi connectivity index (χ4n) is 4.29. The van der Waals surface area contributed by atoms with Gasteiger partial charge in [-0.2, -0.15) is 0 Å². The van der Waals surface area contributed by atoms with E-state index in [4.69, 9.17) is 0 Å². The number of thiophene rings is 1. The number of rotatable bonds is 4. The van der Waals surface area contributed by atoms with Crippen molar-refractivity contribution in [3.63, 3.8) is 0 Å². The van der Waals surface area contributed by atoms with Crippen molar-refractivity contribution in [3.8, 4) is 0 Å². The van der Waals surface area contributed by atoms with Crippen LogP contribution in [-0.2, 0) is 6.54 Å². The summed E-state index contributed by atoms with van der Waals surface area (Å²) in [6, 6.07) is 14.6. The smallest absolute Gasteiger partial charge is 0.329 e. The van der Waals surface area contributed by atoms with E-state index in [0.717, 1.165) is 0 Å². The molecule has 2 amide bonds. The molecule has 0 unspecified atom stereocenters. The van der Waals surface area contributed by atoms with E-state index in [1.807, 2.05) is 11.4 Å². The van der Waals surface area contributed by atoms with Crippen molar-refractivity contribution >= 4 is 34.1 Å². The van der Waals surface area contributed by atoms with Gasteiger partial charge in [-0.25, -0.2) is 9.18 Å². The molecule has 2 aromatic carbocycles. The Morgan fingerprint density at radius 1 is 0.914 bits per heavy atom. The number of hydrogen-bond donors (Lipinski definition) is 1. The average molecular weight is 493 g/mol. The monoisotopic (exact) mass is 492 g/mol. The first kappa shape index (κ1) is 22.7. The van der Waals surface area contributed by atoms with Crippen LogP contribution in [0.1, 0.15) is 25.6 Å². The summed E-state index contributed by atoms with van der Waals surface area (Å²) in [6.45, 7) is 1.80. The molecule has 0 radical (unpaired) electrons. The summed E-state index contributed by atoms with van der Waals surface area (Å²) >= 11 is 1.40. The van der Waals surface area contributed by atoms with Crippen molar-refractivity contribution in [1.29, 1.82) is 0 Å². The summed E-state index contributed by atoms with van der Waals surface area (Å²) in [5.41, 5.74) is -0.145. The second-order valence-corrected chi connectivity index (χ2v) is 9.19. The first-order valence-corrected chi connectivity index (χ1v) is 11.9. The molecule has 35 heavy (non-hydrogen) atoms. The number of aromatic nitrogens is 2. The number of benzene rings is 2. The predicted molar refractivity (Wildman–Crippen MR) is 130 cm³/mol. The zero-order valence-corrected chi connectivity index (χ0v) is 19.4. The third kappa shape index (κ3) is 4.40. The molecule has 178 valence electrons. The molecule has 1 saturated heterocycles. The van der Waals surface area contributed by atoms with Gasteiger partial charge in [0.25, 0.3) is 17.4 Å². The summed E-state index contributed by atoms with van der Waals surface area (Å²) in [5, 5.41) is 1.68. The summed E-state index contributed by atoms with van der Waals surface area (Å²) in [6.07, 6.45) is 0. The molecule has 4 aromatic rings. The highest BCUT2D eigenvalue weighted by atomic mass is 32.1. The molecule has 0 aliphatic carbocycles. The molecule has 1 aliphatic rings. The Hall–Kier alpha value is -4.05. The van der Waals surface area contributed by atoms with Crippen LogP contribution in [0.5, 0.6) is 0 Å². The third-order valence-electron chi connectivity index (χ3n) is 6.08. The van der Waals surface area contributed by atoms with Crippen LogP contribution in [0.4, 0.5) is 4.39 Å². The fourth-order valence-corrected chi connectivity index (χ4v) is 4.98. The van der Waals surface area contributed by atoms with Gasteiger partial charge in [0.15, 0.2) is 0 Å². The summed E-state index contributed by atoms with van der Waals surface area (Å²) in [5.74, 6) is -0.901. The Morgan fingerprint density at radius 2 is 1.63 bits per heavy atom. The molecule has 0 bridgehead atoms. The number of piperazine rings is 1. The van der Waals surface area contributed by atoms with Crippen molar-refractivity contribution < 1.29 is 14.0 Å². The number of fused-ring (bicyclic) bond motifs is 1. The van der Waals surface area contributed by atoms with E-state index in [9.17, 15) is 23.6 Å². The highest BCUT2D eigenvalue weighted by Gasteiger charge is 2.26.